The Morgan fingerprint density at radius 2 is 1.81 bits per heavy atom. The molecule has 4 rings (SSSR count). The average molecular weight is 597 g/mol. The molecule has 0 aliphatic heterocycles. The van der Waals surface area contributed by atoms with Gasteiger partial charge < -0.3 is 4.74 Å². The summed E-state index contributed by atoms with van der Waals surface area (Å²) in [6.07, 6.45) is 3.44. The van der Waals surface area contributed by atoms with Gasteiger partial charge in [-0.05, 0) is 83.0 Å². The molecule has 0 spiro atoms. The Balaban J connectivity index is 1.48. The number of carbonyl (C=O) groups is 1. The fraction of sp³-hybridized carbons (Fsp3) is 0.111. The van der Waals surface area contributed by atoms with Crippen molar-refractivity contribution in [3.8, 4) is 22.8 Å². The van der Waals surface area contributed by atoms with Gasteiger partial charge in [0.2, 0.25) is 0 Å². The number of thioether (sulfide) groups is 1. The van der Waals surface area contributed by atoms with Crippen molar-refractivity contribution in [1.82, 2.24) is 20.2 Å². The van der Waals surface area contributed by atoms with E-state index in [0.717, 1.165) is 27.0 Å². The number of nitrogens with zero attached hydrogens (tertiary/aromatic N) is 4. The van der Waals surface area contributed by atoms with Crippen LogP contribution in [0.5, 0.6) is 5.75 Å². The number of hydrazone groups is 1. The summed E-state index contributed by atoms with van der Waals surface area (Å²) in [6, 6.07) is 24.8. The highest BCUT2D eigenvalue weighted by atomic mass is 79.9. The molecule has 4 aromatic rings. The van der Waals surface area contributed by atoms with Crippen LogP contribution in [0.2, 0.25) is 5.02 Å². The molecule has 0 saturated heterocycles. The number of allylic oxidation sites excluding steroid dienone is 1. The number of carbonyl (C=O) groups excluding carboxylic acids is 1. The lowest BCUT2D eigenvalue weighted by molar-refractivity contribution is -0.118. The summed E-state index contributed by atoms with van der Waals surface area (Å²) >= 11 is 10.8. The summed E-state index contributed by atoms with van der Waals surface area (Å²) in [6.45, 7) is 2.52. The van der Waals surface area contributed by atoms with Crippen LogP contribution in [0.4, 0.5) is 0 Å². The van der Waals surface area contributed by atoms with Crippen molar-refractivity contribution in [2.45, 2.75) is 12.1 Å². The molecule has 3 aromatic carbocycles. The van der Waals surface area contributed by atoms with Crippen molar-refractivity contribution >= 4 is 57.5 Å². The Hall–Kier alpha value is -3.40. The topological polar surface area (TPSA) is 81.4 Å². The highest BCUT2D eigenvalue weighted by Crippen LogP contribution is 2.29. The Morgan fingerprint density at radius 3 is 2.51 bits per heavy atom. The van der Waals surface area contributed by atoms with Crippen LogP contribution in [0.25, 0.3) is 23.2 Å². The van der Waals surface area contributed by atoms with Gasteiger partial charge in [0.05, 0.1) is 18.6 Å². The minimum absolute atomic E-state index is 0.104. The maximum absolute atomic E-state index is 12.5. The zero-order valence-electron chi connectivity index (χ0n) is 19.8. The smallest absolute Gasteiger partial charge is 0.250 e. The number of rotatable bonds is 10. The second-order valence-electron chi connectivity index (χ2n) is 7.60. The van der Waals surface area contributed by atoms with Crippen molar-refractivity contribution in [2.24, 2.45) is 5.10 Å². The summed E-state index contributed by atoms with van der Waals surface area (Å²) in [5.41, 5.74) is 5.26. The van der Waals surface area contributed by atoms with Gasteiger partial charge in [0.15, 0.2) is 11.0 Å². The van der Waals surface area contributed by atoms with Gasteiger partial charge in [0.25, 0.3) is 5.91 Å². The molecule has 0 saturated carbocycles. The van der Waals surface area contributed by atoms with E-state index in [2.05, 4.69) is 36.7 Å². The largest absolute Gasteiger partial charge is 0.494 e. The molecule has 7 nitrogen and oxygen atoms in total. The van der Waals surface area contributed by atoms with Gasteiger partial charge in [0.1, 0.15) is 5.75 Å². The number of hydrogen-bond donors (Lipinski definition) is 1. The van der Waals surface area contributed by atoms with Crippen LogP contribution in [0, 0.1) is 0 Å². The molecule has 0 aliphatic carbocycles. The van der Waals surface area contributed by atoms with Crippen molar-refractivity contribution in [1.29, 1.82) is 0 Å². The number of amides is 1. The summed E-state index contributed by atoms with van der Waals surface area (Å²) in [5.74, 6) is 1.24. The van der Waals surface area contributed by atoms with E-state index in [1.54, 1.807) is 12.1 Å². The third-order valence-corrected chi connectivity index (χ3v) is 6.57. The summed E-state index contributed by atoms with van der Waals surface area (Å²) < 4.78 is 8.20. The van der Waals surface area contributed by atoms with E-state index in [0.29, 0.717) is 22.6 Å². The van der Waals surface area contributed by atoms with Gasteiger partial charge in [-0.1, -0.05) is 53.7 Å². The fourth-order valence-electron chi connectivity index (χ4n) is 3.31. The molecular formula is C27H23BrClN5O2S. The Kier molecular flexibility index (Phi) is 9.53. The zero-order valence-corrected chi connectivity index (χ0v) is 23.0. The predicted octanol–water partition coefficient (Wildman–Crippen LogP) is 6.62. The minimum Gasteiger partial charge on any atom is -0.494 e. The van der Waals surface area contributed by atoms with E-state index in [-0.39, 0.29) is 11.7 Å². The molecule has 0 unspecified atom stereocenters. The Morgan fingerprint density at radius 1 is 1.08 bits per heavy atom. The third-order valence-electron chi connectivity index (χ3n) is 4.96. The number of halogens is 2. The first kappa shape index (κ1) is 26.7. The van der Waals surface area contributed by atoms with Crippen LogP contribution in [-0.4, -0.2) is 39.2 Å². The lowest BCUT2D eigenvalue weighted by Gasteiger charge is -2.11. The summed E-state index contributed by atoms with van der Waals surface area (Å²) in [7, 11) is 0. The molecule has 10 heteroatoms. The molecule has 0 fully saturated rings. The van der Waals surface area contributed by atoms with Crippen LogP contribution in [0.15, 0.2) is 93.6 Å². The minimum atomic E-state index is -0.268. The number of aromatic nitrogens is 3. The molecule has 1 amide bonds. The lowest BCUT2D eigenvalue weighted by Crippen LogP contribution is -2.19. The number of hydrogen-bond acceptors (Lipinski definition) is 6. The van der Waals surface area contributed by atoms with Crippen LogP contribution in [-0.2, 0) is 4.79 Å². The lowest BCUT2D eigenvalue weighted by atomic mass is 10.2. The van der Waals surface area contributed by atoms with E-state index in [9.17, 15) is 4.79 Å². The van der Waals surface area contributed by atoms with Gasteiger partial charge >= 0.3 is 0 Å². The molecule has 1 heterocycles. The van der Waals surface area contributed by atoms with Gasteiger partial charge in [-0.3, -0.25) is 9.36 Å². The second-order valence-corrected chi connectivity index (χ2v) is 9.89. The van der Waals surface area contributed by atoms with Crippen LogP contribution < -0.4 is 10.2 Å². The standard InChI is InChI=1S/C27H23BrClN5O2S/c1-2-36-24-14-12-23(13-15-24)34-26(20-8-10-22(29)11-9-20)32-33-27(34)37-18-25(35)31-30-17-21(28)16-19-6-4-3-5-7-19/h3-17H,2,18H2,1H3,(H,31,35)/b21-16-,30-17-. The fourth-order valence-corrected chi connectivity index (χ4v) is 4.55. The first-order valence-corrected chi connectivity index (χ1v) is 13.5. The summed E-state index contributed by atoms with van der Waals surface area (Å²) in [5, 5.41) is 14.0. The van der Waals surface area contributed by atoms with E-state index in [1.807, 2.05) is 84.3 Å². The molecule has 0 atom stereocenters. The molecule has 188 valence electrons. The number of ether oxygens (including phenoxy) is 1. The van der Waals surface area contributed by atoms with Gasteiger partial charge in [0, 0.05) is 20.8 Å². The highest BCUT2D eigenvalue weighted by Gasteiger charge is 2.17. The predicted molar refractivity (Wildman–Crippen MR) is 154 cm³/mol. The van der Waals surface area contributed by atoms with Gasteiger partial charge in [-0.25, -0.2) is 5.43 Å². The molecule has 0 radical (unpaired) electrons. The van der Waals surface area contributed by atoms with Crippen LogP contribution in [0.1, 0.15) is 12.5 Å². The highest BCUT2D eigenvalue weighted by molar-refractivity contribution is 9.12. The molecule has 1 aromatic heterocycles. The maximum atomic E-state index is 12.5. The van der Waals surface area contributed by atoms with Crippen LogP contribution in [0.3, 0.4) is 0 Å². The quantitative estimate of drug-likeness (QED) is 0.126. The molecule has 1 N–H and O–H groups in total. The van der Waals surface area contributed by atoms with Crippen LogP contribution >= 0.6 is 39.3 Å². The Bertz CT molecular complexity index is 1390. The first-order valence-electron chi connectivity index (χ1n) is 11.3. The van der Waals surface area contributed by atoms with E-state index in [4.69, 9.17) is 16.3 Å². The second kappa shape index (κ2) is 13.2. The zero-order chi connectivity index (χ0) is 26.0. The van der Waals surface area contributed by atoms with Crippen molar-refractivity contribution in [3.63, 3.8) is 0 Å². The van der Waals surface area contributed by atoms with Gasteiger partial charge in [-0.2, -0.15) is 5.10 Å². The SMILES string of the molecule is CCOc1ccc(-n2c(SCC(=O)N/N=C\C(Br)=C\c3ccccc3)nnc2-c2ccc(Cl)cc2)cc1. The third kappa shape index (κ3) is 7.55. The maximum Gasteiger partial charge on any atom is 0.250 e. The van der Waals surface area contributed by atoms with E-state index < -0.39 is 0 Å². The summed E-state index contributed by atoms with van der Waals surface area (Å²) in [4.78, 5) is 12.5. The monoisotopic (exact) mass is 595 g/mol. The average Bonchev–Trinajstić information content (AvgIpc) is 3.33. The van der Waals surface area contributed by atoms with Crippen molar-refractivity contribution in [3.05, 3.63) is 93.9 Å². The van der Waals surface area contributed by atoms with E-state index >= 15 is 0 Å². The van der Waals surface area contributed by atoms with E-state index in [1.165, 1.54) is 18.0 Å². The Labute approximate surface area is 232 Å². The number of benzene rings is 3. The van der Waals surface area contributed by atoms with Crippen molar-refractivity contribution in [2.75, 3.05) is 12.4 Å². The molecule has 0 bridgehead atoms. The van der Waals surface area contributed by atoms with Crippen molar-refractivity contribution < 1.29 is 9.53 Å². The van der Waals surface area contributed by atoms with Gasteiger partial charge in [-0.15, -0.1) is 10.2 Å². The molecule has 37 heavy (non-hydrogen) atoms. The number of nitrogens with one attached hydrogen (secondary N) is 1. The first-order chi connectivity index (χ1) is 18.0. The molecular weight excluding hydrogens is 574 g/mol. The normalized spacial score (nSPS) is 11.6. The molecule has 0 aliphatic rings.